The molecule has 1 aromatic carbocycles. The summed E-state index contributed by atoms with van der Waals surface area (Å²) in [5.74, 6) is -0.830. The van der Waals surface area contributed by atoms with Gasteiger partial charge in [0.2, 0.25) is 0 Å². The lowest BCUT2D eigenvalue weighted by atomic mass is 10.1. The van der Waals surface area contributed by atoms with E-state index >= 15 is 0 Å². The van der Waals surface area contributed by atoms with Crippen molar-refractivity contribution >= 4 is 11.7 Å². The topological polar surface area (TPSA) is 77.2 Å². The maximum absolute atomic E-state index is 13.6. The van der Waals surface area contributed by atoms with Gasteiger partial charge in [0.15, 0.2) is 11.6 Å². The zero-order valence-electron chi connectivity index (χ0n) is 11.6. The van der Waals surface area contributed by atoms with Gasteiger partial charge in [0.05, 0.1) is 12.7 Å². The molecule has 2 rings (SSSR count). The molecule has 0 radical (unpaired) electrons. The van der Waals surface area contributed by atoms with E-state index in [1.165, 1.54) is 12.3 Å². The number of carbonyl (C=O) groups excluding carboxylic acids is 1. The Morgan fingerprint density at radius 2 is 2.24 bits per heavy atom. The summed E-state index contributed by atoms with van der Waals surface area (Å²) in [7, 11) is 1.59. The van der Waals surface area contributed by atoms with Gasteiger partial charge in [-0.15, -0.1) is 0 Å². The second-order valence-corrected chi connectivity index (χ2v) is 4.42. The number of nitrogens with two attached hydrogens (primary N) is 1. The quantitative estimate of drug-likeness (QED) is 0.879. The van der Waals surface area contributed by atoms with Crippen molar-refractivity contribution in [2.24, 2.45) is 0 Å². The third-order valence-corrected chi connectivity index (χ3v) is 2.99. The number of carbonyl (C=O) groups is 1. The normalized spacial score (nSPS) is 10.2. The van der Waals surface area contributed by atoms with E-state index in [0.29, 0.717) is 13.0 Å². The fourth-order valence-corrected chi connectivity index (χ4v) is 1.88. The third kappa shape index (κ3) is 3.68. The lowest BCUT2D eigenvalue weighted by Gasteiger charge is -2.08. The first-order valence-corrected chi connectivity index (χ1v) is 6.43. The number of nitrogens with zero attached hydrogens (tertiary/aromatic N) is 1. The van der Waals surface area contributed by atoms with Gasteiger partial charge in [-0.1, -0.05) is 12.1 Å². The summed E-state index contributed by atoms with van der Waals surface area (Å²) in [4.78, 5) is 15.4. The predicted molar refractivity (Wildman–Crippen MR) is 77.6 cm³/mol. The Morgan fingerprint density at radius 1 is 1.43 bits per heavy atom. The third-order valence-electron chi connectivity index (χ3n) is 2.99. The summed E-state index contributed by atoms with van der Waals surface area (Å²) in [6, 6.07) is 8.83. The average molecular weight is 289 g/mol. The highest BCUT2D eigenvalue weighted by atomic mass is 19.1. The molecule has 0 unspecified atom stereocenters. The van der Waals surface area contributed by atoms with Crippen LogP contribution in [0.1, 0.15) is 15.9 Å². The lowest BCUT2D eigenvalue weighted by Crippen LogP contribution is -2.27. The number of aromatic nitrogens is 1. The smallest absolute Gasteiger partial charge is 0.254 e. The highest BCUT2D eigenvalue weighted by Gasteiger charge is 2.13. The lowest BCUT2D eigenvalue weighted by molar-refractivity contribution is 0.0950. The van der Waals surface area contributed by atoms with Crippen LogP contribution in [0.4, 0.5) is 10.2 Å². The van der Waals surface area contributed by atoms with Gasteiger partial charge < -0.3 is 15.8 Å². The van der Waals surface area contributed by atoms with Crippen molar-refractivity contribution < 1.29 is 13.9 Å². The molecule has 0 atom stereocenters. The van der Waals surface area contributed by atoms with Crippen LogP contribution in [-0.2, 0) is 6.42 Å². The van der Waals surface area contributed by atoms with Crippen LogP contribution < -0.4 is 15.8 Å². The van der Waals surface area contributed by atoms with E-state index in [4.69, 9.17) is 10.5 Å². The van der Waals surface area contributed by atoms with Gasteiger partial charge in [-0.2, -0.15) is 0 Å². The molecule has 2 aromatic rings. The van der Waals surface area contributed by atoms with Crippen LogP contribution in [-0.4, -0.2) is 24.5 Å². The number of halogens is 1. The SMILES string of the molecule is COc1cccc(CCNC(=O)c2ccnc(N)c2F)c1. The van der Waals surface area contributed by atoms with Crippen molar-refractivity contribution in [3.05, 3.63) is 53.5 Å². The Labute approximate surface area is 121 Å². The molecule has 1 amide bonds. The second kappa shape index (κ2) is 6.69. The molecular weight excluding hydrogens is 273 g/mol. The van der Waals surface area contributed by atoms with Crippen molar-refractivity contribution in [3.8, 4) is 5.75 Å². The Morgan fingerprint density at radius 3 is 3.00 bits per heavy atom. The molecule has 3 N–H and O–H groups in total. The molecule has 0 aliphatic carbocycles. The van der Waals surface area contributed by atoms with Crippen LogP contribution in [0.3, 0.4) is 0 Å². The van der Waals surface area contributed by atoms with Crippen molar-refractivity contribution in [2.75, 3.05) is 19.4 Å². The Hall–Kier alpha value is -2.63. The van der Waals surface area contributed by atoms with Crippen molar-refractivity contribution in [1.29, 1.82) is 0 Å². The number of nitrogen functional groups attached to an aromatic ring is 1. The number of rotatable bonds is 5. The summed E-state index contributed by atoms with van der Waals surface area (Å²) < 4.78 is 18.8. The van der Waals surface area contributed by atoms with E-state index in [1.807, 2.05) is 24.3 Å². The van der Waals surface area contributed by atoms with E-state index in [1.54, 1.807) is 7.11 Å². The van der Waals surface area contributed by atoms with Crippen LogP contribution in [0.2, 0.25) is 0 Å². The number of hydrogen-bond acceptors (Lipinski definition) is 4. The maximum atomic E-state index is 13.6. The number of methoxy groups -OCH3 is 1. The molecular formula is C15H16FN3O2. The minimum Gasteiger partial charge on any atom is -0.497 e. The van der Waals surface area contributed by atoms with Crippen LogP contribution in [0.5, 0.6) is 5.75 Å². The van der Waals surface area contributed by atoms with E-state index in [-0.39, 0.29) is 11.4 Å². The number of benzene rings is 1. The largest absolute Gasteiger partial charge is 0.497 e. The fourth-order valence-electron chi connectivity index (χ4n) is 1.88. The number of nitrogens with one attached hydrogen (secondary N) is 1. The van der Waals surface area contributed by atoms with Crippen LogP contribution in [0.15, 0.2) is 36.5 Å². The fraction of sp³-hybridized carbons (Fsp3) is 0.200. The Balaban J connectivity index is 1.94. The zero-order chi connectivity index (χ0) is 15.2. The van der Waals surface area contributed by atoms with Crippen molar-refractivity contribution in [3.63, 3.8) is 0 Å². The summed E-state index contributed by atoms with van der Waals surface area (Å²) >= 11 is 0. The van der Waals surface area contributed by atoms with Crippen LogP contribution in [0, 0.1) is 5.82 Å². The number of ether oxygens (including phenoxy) is 1. The molecule has 110 valence electrons. The van der Waals surface area contributed by atoms with Gasteiger partial charge in [0.25, 0.3) is 5.91 Å². The Kier molecular flexibility index (Phi) is 4.71. The van der Waals surface area contributed by atoms with Gasteiger partial charge >= 0.3 is 0 Å². The van der Waals surface area contributed by atoms with Crippen molar-refractivity contribution in [1.82, 2.24) is 10.3 Å². The summed E-state index contributed by atoms with van der Waals surface area (Å²) in [6.45, 7) is 0.383. The Bertz CT molecular complexity index is 647. The second-order valence-electron chi connectivity index (χ2n) is 4.42. The molecule has 0 aliphatic heterocycles. The molecule has 5 nitrogen and oxygen atoms in total. The summed E-state index contributed by atoms with van der Waals surface area (Å²) in [5, 5.41) is 2.65. The molecule has 21 heavy (non-hydrogen) atoms. The summed E-state index contributed by atoms with van der Waals surface area (Å²) in [5.41, 5.74) is 6.24. The van der Waals surface area contributed by atoms with Gasteiger partial charge in [-0.05, 0) is 30.2 Å². The first-order chi connectivity index (χ1) is 10.1. The van der Waals surface area contributed by atoms with E-state index < -0.39 is 11.7 Å². The molecule has 1 heterocycles. The minimum atomic E-state index is -0.795. The highest BCUT2D eigenvalue weighted by Crippen LogP contribution is 2.13. The molecule has 0 saturated heterocycles. The molecule has 0 spiro atoms. The first kappa shape index (κ1) is 14.8. The standard InChI is InChI=1S/C15H16FN3O2/c1-21-11-4-2-3-10(9-11)5-7-19-15(20)12-6-8-18-14(17)13(12)16/h2-4,6,8-9H,5,7H2,1H3,(H2,17,18)(H,19,20). The van der Waals surface area contributed by atoms with Gasteiger partial charge in [-0.3, -0.25) is 4.79 Å². The van der Waals surface area contributed by atoms with E-state index in [2.05, 4.69) is 10.3 Å². The van der Waals surface area contributed by atoms with Crippen LogP contribution in [0.25, 0.3) is 0 Å². The molecule has 0 aliphatic rings. The zero-order valence-corrected chi connectivity index (χ0v) is 11.6. The van der Waals surface area contributed by atoms with Crippen molar-refractivity contribution in [2.45, 2.75) is 6.42 Å². The van der Waals surface area contributed by atoms with Gasteiger partial charge in [-0.25, -0.2) is 9.37 Å². The predicted octanol–water partition coefficient (Wildman–Crippen LogP) is 1.78. The number of hydrogen-bond donors (Lipinski definition) is 2. The first-order valence-electron chi connectivity index (χ1n) is 6.43. The molecule has 1 aromatic heterocycles. The van der Waals surface area contributed by atoms with Gasteiger partial charge in [0, 0.05) is 12.7 Å². The molecule has 0 saturated carbocycles. The van der Waals surface area contributed by atoms with E-state index in [9.17, 15) is 9.18 Å². The minimum absolute atomic E-state index is 0.104. The monoisotopic (exact) mass is 289 g/mol. The summed E-state index contributed by atoms with van der Waals surface area (Å²) in [6.07, 6.45) is 1.92. The number of amides is 1. The average Bonchev–Trinajstić information content (AvgIpc) is 2.50. The van der Waals surface area contributed by atoms with E-state index in [0.717, 1.165) is 11.3 Å². The van der Waals surface area contributed by atoms with Gasteiger partial charge in [0.1, 0.15) is 5.75 Å². The molecule has 0 bridgehead atoms. The molecule has 0 fully saturated rings. The number of pyridine rings is 1. The highest BCUT2D eigenvalue weighted by molar-refractivity contribution is 5.95. The molecule has 6 heteroatoms. The maximum Gasteiger partial charge on any atom is 0.254 e. The number of anilines is 1. The van der Waals surface area contributed by atoms with Crippen LogP contribution >= 0.6 is 0 Å².